The van der Waals surface area contributed by atoms with Crippen LogP contribution in [0.5, 0.6) is 0 Å². The molecule has 3 rings (SSSR count). The van der Waals surface area contributed by atoms with Crippen LogP contribution in [0.1, 0.15) is 11.1 Å². The summed E-state index contributed by atoms with van der Waals surface area (Å²) in [6.45, 7) is 0.732. The van der Waals surface area contributed by atoms with Gasteiger partial charge in [0.2, 0.25) is 15.9 Å². The van der Waals surface area contributed by atoms with Crippen molar-refractivity contribution in [2.24, 2.45) is 0 Å². The van der Waals surface area contributed by atoms with E-state index in [2.05, 4.69) is 6.07 Å². The molecule has 1 aliphatic heterocycles. The topological polar surface area (TPSA) is 81.5 Å². The van der Waals surface area contributed by atoms with E-state index < -0.39 is 15.8 Å². The molecule has 2 aromatic rings. The number of amides is 1. The number of nitrogens with zero attached hydrogens (tertiary/aromatic N) is 3. The summed E-state index contributed by atoms with van der Waals surface area (Å²) in [6, 6.07) is 13.9. The molecule has 0 aromatic heterocycles. The van der Waals surface area contributed by atoms with Crippen molar-refractivity contribution in [2.45, 2.75) is 4.90 Å². The summed E-state index contributed by atoms with van der Waals surface area (Å²) >= 11 is 0. The minimum atomic E-state index is -3.80. The van der Waals surface area contributed by atoms with E-state index in [1.54, 1.807) is 35.2 Å². The lowest BCUT2D eigenvalue weighted by molar-refractivity contribution is -0.127. The second-order valence-corrected chi connectivity index (χ2v) is 8.16. The minimum Gasteiger partial charge on any atom is -0.337 e. The quantitative estimate of drug-likeness (QED) is 0.739. The van der Waals surface area contributed by atoms with Crippen molar-refractivity contribution in [3.05, 3.63) is 71.6 Å². The molecule has 0 saturated carbocycles. The van der Waals surface area contributed by atoms with Crippen LogP contribution in [0.4, 0.5) is 4.39 Å². The highest BCUT2D eigenvalue weighted by Gasteiger charge is 2.29. The van der Waals surface area contributed by atoms with Gasteiger partial charge in [0, 0.05) is 32.3 Å². The predicted molar refractivity (Wildman–Crippen MR) is 102 cm³/mol. The second kappa shape index (κ2) is 8.33. The average molecular weight is 399 g/mol. The lowest BCUT2D eigenvalue weighted by atomic mass is 10.1. The third-order valence-electron chi connectivity index (χ3n) is 4.47. The standard InChI is InChI=1S/C20H18FN3O3S/c21-18-6-3-7-19(14-18)28(26,27)24-12-10-23(11-13-24)20(25)9-8-16-4-1-2-5-17(16)15-22/h1-9,14H,10-13H2. The number of carbonyl (C=O) groups is 1. The molecule has 0 atom stereocenters. The molecule has 0 bridgehead atoms. The molecule has 1 aliphatic rings. The fraction of sp³-hybridized carbons (Fsp3) is 0.200. The van der Waals surface area contributed by atoms with Crippen molar-refractivity contribution in [3.63, 3.8) is 0 Å². The summed E-state index contributed by atoms with van der Waals surface area (Å²) in [5, 5.41) is 9.08. The van der Waals surface area contributed by atoms with Crippen molar-refractivity contribution in [1.82, 2.24) is 9.21 Å². The smallest absolute Gasteiger partial charge is 0.246 e. The first-order valence-corrected chi connectivity index (χ1v) is 10.1. The van der Waals surface area contributed by atoms with Gasteiger partial charge in [0.25, 0.3) is 0 Å². The first-order chi connectivity index (χ1) is 13.4. The number of benzene rings is 2. The van der Waals surface area contributed by atoms with Crippen LogP contribution < -0.4 is 0 Å². The van der Waals surface area contributed by atoms with Crippen LogP contribution in [-0.2, 0) is 14.8 Å². The summed E-state index contributed by atoms with van der Waals surface area (Å²) in [5.41, 5.74) is 1.11. The molecule has 0 aliphatic carbocycles. The first kappa shape index (κ1) is 19.7. The molecule has 1 heterocycles. The monoisotopic (exact) mass is 399 g/mol. The van der Waals surface area contributed by atoms with Crippen LogP contribution in [0.2, 0.25) is 0 Å². The molecule has 0 spiro atoms. The molecule has 1 fully saturated rings. The van der Waals surface area contributed by atoms with Gasteiger partial charge < -0.3 is 4.90 Å². The Morgan fingerprint density at radius 2 is 1.79 bits per heavy atom. The Labute approximate surface area is 163 Å². The van der Waals surface area contributed by atoms with Gasteiger partial charge in [-0.3, -0.25) is 4.79 Å². The Balaban J connectivity index is 1.64. The third-order valence-corrected chi connectivity index (χ3v) is 6.37. The van der Waals surface area contributed by atoms with Crippen LogP contribution in [0.3, 0.4) is 0 Å². The van der Waals surface area contributed by atoms with E-state index in [-0.39, 0.29) is 37.0 Å². The maximum Gasteiger partial charge on any atom is 0.246 e. The number of halogens is 1. The van der Waals surface area contributed by atoms with Gasteiger partial charge >= 0.3 is 0 Å². The van der Waals surface area contributed by atoms with Gasteiger partial charge in [-0.25, -0.2) is 12.8 Å². The fourth-order valence-electron chi connectivity index (χ4n) is 2.94. The number of hydrogen-bond acceptors (Lipinski definition) is 4. The molecule has 8 heteroatoms. The largest absolute Gasteiger partial charge is 0.337 e. The number of rotatable bonds is 4. The highest BCUT2D eigenvalue weighted by molar-refractivity contribution is 7.89. The normalized spacial score (nSPS) is 15.5. The summed E-state index contributed by atoms with van der Waals surface area (Å²) in [4.78, 5) is 13.8. The molecular formula is C20H18FN3O3S. The number of sulfonamides is 1. The van der Waals surface area contributed by atoms with Gasteiger partial charge in [0.1, 0.15) is 5.82 Å². The van der Waals surface area contributed by atoms with Gasteiger partial charge in [-0.1, -0.05) is 24.3 Å². The van der Waals surface area contributed by atoms with Crippen LogP contribution in [0.25, 0.3) is 6.08 Å². The number of carbonyl (C=O) groups excluding carboxylic acids is 1. The van der Waals surface area contributed by atoms with Crippen molar-refractivity contribution >= 4 is 22.0 Å². The highest BCUT2D eigenvalue weighted by atomic mass is 32.2. The van der Waals surface area contributed by atoms with Gasteiger partial charge in [0.15, 0.2) is 0 Å². The predicted octanol–water partition coefficient (Wildman–Crippen LogP) is 2.24. The van der Waals surface area contributed by atoms with Crippen LogP contribution in [0, 0.1) is 17.1 Å². The maximum atomic E-state index is 13.3. The SMILES string of the molecule is N#Cc1ccccc1C=CC(=O)N1CCN(S(=O)(=O)c2cccc(F)c2)CC1. The third kappa shape index (κ3) is 4.27. The van der Waals surface area contributed by atoms with E-state index in [9.17, 15) is 17.6 Å². The highest BCUT2D eigenvalue weighted by Crippen LogP contribution is 2.19. The van der Waals surface area contributed by atoms with Crippen LogP contribution in [0.15, 0.2) is 59.5 Å². The Kier molecular flexibility index (Phi) is 5.87. The molecule has 0 unspecified atom stereocenters. The lowest BCUT2D eigenvalue weighted by Gasteiger charge is -2.33. The Morgan fingerprint density at radius 3 is 2.46 bits per heavy atom. The van der Waals surface area contributed by atoms with E-state index in [0.29, 0.717) is 11.1 Å². The zero-order chi connectivity index (χ0) is 20.1. The average Bonchev–Trinajstić information content (AvgIpc) is 2.72. The van der Waals surface area contributed by atoms with Crippen molar-refractivity contribution in [2.75, 3.05) is 26.2 Å². The first-order valence-electron chi connectivity index (χ1n) is 8.63. The molecule has 1 saturated heterocycles. The summed E-state index contributed by atoms with van der Waals surface area (Å²) in [5.74, 6) is -0.867. The Bertz CT molecular complexity index is 1050. The van der Waals surface area contributed by atoms with Crippen molar-refractivity contribution in [1.29, 1.82) is 5.26 Å². The van der Waals surface area contributed by atoms with Crippen molar-refractivity contribution in [3.8, 4) is 6.07 Å². The lowest BCUT2D eigenvalue weighted by Crippen LogP contribution is -2.50. The van der Waals surface area contributed by atoms with Gasteiger partial charge in [0.05, 0.1) is 16.5 Å². The molecule has 1 amide bonds. The molecule has 144 valence electrons. The molecule has 0 radical (unpaired) electrons. The van der Waals surface area contributed by atoms with Gasteiger partial charge in [-0.15, -0.1) is 0 Å². The van der Waals surface area contributed by atoms with Crippen LogP contribution in [-0.4, -0.2) is 49.7 Å². The molecule has 0 N–H and O–H groups in total. The van der Waals surface area contributed by atoms with Crippen LogP contribution >= 0.6 is 0 Å². The summed E-state index contributed by atoms with van der Waals surface area (Å²) in [6.07, 6.45) is 2.96. The molecular weight excluding hydrogens is 381 g/mol. The van der Waals surface area contributed by atoms with Gasteiger partial charge in [-0.2, -0.15) is 9.57 Å². The zero-order valence-corrected chi connectivity index (χ0v) is 15.8. The van der Waals surface area contributed by atoms with Gasteiger partial charge in [-0.05, 0) is 35.9 Å². The Morgan fingerprint density at radius 1 is 1.07 bits per heavy atom. The molecule has 2 aromatic carbocycles. The zero-order valence-electron chi connectivity index (χ0n) is 15.0. The summed E-state index contributed by atoms with van der Waals surface area (Å²) < 4.78 is 39.8. The Hall–Kier alpha value is -3.02. The number of piperazine rings is 1. The van der Waals surface area contributed by atoms with E-state index in [0.717, 1.165) is 6.07 Å². The number of nitriles is 1. The molecule has 6 nitrogen and oxygen atoms in total. The van der Waals surface area contributed by atoms with E-state index >= 15 is 0 Å². The fourth-order valence-corrected chi connectivity index (χ4v) is 4.39. The van der Waals surface area contributed by atoms with E-state index in [1.165, 1.54) is 28.6 Å². The second-order valence-electron chi connectivity index (χ2n) is 6.22. The van der Waals surface area contributed by atoms with Crippen molar-refractivity contribution < 1.29 is 17.6 Å². The number of hydrogen-bond donors (Lipinski definition) is 0. The van der Waals surface area contributed by atoms with E-state index in [1.807, 2.05) is 0 Å². The minimum absolute atomic E-state index is 0.0970. The molecule has 28 heavy (non-hydrogen) atoms. The maximum absolute atomic E-state index is 13.3. The van der Waals surface area contributed by atoms with E-state index in [4.69, 9.17) is 5.26 Å². The summed E-state index contributed by atoms with van der Waals surface area (Å²) in [7, 11) is -3.80.